The lowest BCUT2D eigenvalue weighted by Gasteiger charge is -2.29. The topological polar surface area (TPSA) is 193 Å². The van der Waals surface area contributed by atoms with Gasteiger partial charge in [-0.25, -0.2) is 14.1 Å². The van der Waals surface area contributed by atoms with E-state index in [1.54, 1.807) is 53.7 Å². The summed E-state index contributed by atoms with van der Waals surface area (Å²) in [7, 11) is -4.20. The highest BCUT2D eigenvalue weighted by molar-refractivity contribution is 7.80. The van der Waals surface area contributed by atoms with Crippen LogP contribution in [0.4, 0.5) is 5.82 Å². The van der Waals surface area contributed by atoms with Crippen molar-refractivity contribution in [1.29, 1.82) is 5.26 Å². The fourth-order valence-electron chi connectivity index (χ4n) is 5.34. The predicted octanol–water partition coefficient (Wildman–Crippen LogP) is 5.49. The summed E-state index contributed by atoms with van der Waals surface area (Å²) in [6.07, 6.45) is 0.347. The number of nitrogens with zero attached hydrogens (tertiary/aromatic N) is 4. The molecule has 0 spiro atoms. The fraction of sp³-hybridized carbons (Fsp3) is 0.690. The quantitative estimate of drug-likeness (QED) is 0.113. The van der Waals surface area contributed by atoms with Gasteiger partial charge >= 0.3 is 7.82 Å². The first-order valence-corrected chi connectivity index (χ1v) is 17.2. The molecular formula is C29H42N5O9PS2. The number of hydrogen-bond donors (Lipinski definition) is 3. The minimum Gasteiger partial charge on any atom is -0.502 e. The second kappa shape index (κ2) is 13.7. The van der Waals surface area contributed by atoms with Crippen molar-refractivity contribution in [2.75, 3.05) is 25.6 Å². The van der Waals surface area contributed by atoms with Gasteiger partial charge in [0.05, 0.1) is 25.5 Å². The van der Waals surface area contributed by atoms with Crippen LogP contribution in [0, 0.1) is 22.2 Å². The summed E-state index contributed by atoms with van der Waals surface area (Å²) in [5.74, 6) is -0.853. The average Bonchev–Trinajstić information content (AvgIpc) is 3.63. The number of nitriles is 1. The summed E-state index contributed by atoms with van der Waals surface area (Å²) in [5, 5.41) is 34.2. The van der Waals surface area contributed by atoms with Gasteiger partial charge in [0.2, 0.25) is 5.60 Å². The smallest absolute Gasteiger partial charge is 0.474 e. The Morgan fingerprint density at radius 1 is 1.07 bits per heavy atom. The van der Waals surface area contributed by atoms with Gasteiger partial charge in [0, 0.05) is 10.8 Å². The first kappa shape index (κ1) is 36.5. The number of anilines is 1. The van der Waals surface area contributed by atoms with E-state index >= 15 is 0 Å². The lowest BCUT2D eigenvalue weighted by molar-refractivity contribution is -0.204. The molecule has 2 saturated heterocycles. The first-order valence-electron chi connectivity index (χ1n) is 14.9. The summed E-state index contributed by atoms with van der Waals surface area (Å²) in [6, 6.07) is 5.60. The third-order valence-corrected chi connectivity index (χ3v) is 10.8. The van der Waals surface area contributed by atoms with Gasteiger partial charge < -0.3 is 30.2 Å². The molecule has 4 N–H and O–H groups in total. The Labute approximate surface area is 279 Å². The molecule has 2 aliphatic heterocycles. The molecule has 46 heavy (non-hydrogen) atoms. The van der Waals surface area contributed by atoms with Crippen molar-refractivity contribution in [1.82, 2.24) is 14.6 Å². The second-order valence-electron chi connectivity index (χ2n) is 13.2. The maximum Gasteiger partial charge on any atom is 0.474 e. The van der Waals surface area contributed by atoms with E-state index in [0.717, 1.165) is 0 Å². The molecule has 4 rings (SSSR count). The Morgan fingerprint density at radius 2 is 1.65 bits per heavy atom. The molecule has 4 atom stereocenters. The zero-order valence-electron chi connectivity index (χ0n) is 26.8. The number of nitrogen functional groups attached to an aromatic ring is 1. The van der Waals surface area contributed by atoms with Crippen molar-refractivity contribution in [3.63, 3.8) is 0 Å². The Hall–Kier alpha value is -2.32. The van der Waals surface area contributed by atoms with Gasteiger partial charge in [-0.2, -0.15) is 10.4 Å². The van der Waals surface area contributed by atoms with Crippen molar-refractivity contribution in [3.8, 4) is 6.07 Å². The number of phosphoric ester groups is 1. The molecule has 0 amide bonds. The van der Waals surface area contributed by atoms with Crippen molar-refractivity contribution in [3.05, 3.63) is 24.2 Å². The van der Waals surface area contributed by atoms with E-state index in [1.165, 1.54) is 10.8 Å². The van der Waals surface area contributed by atoms with Gasteiger partial charge in [0.15, 0.2) is 21.7 Å². The van der Waals surface area contributed by atoms with Crippen molar-refractivity contribution in [2.24, 2.45) is 10.8 Å². The summed E-state index contributed by atoms with van der Waals surface area (Å²) >= 11 is 9.86. The zero-order chi connectivity index (χ0) is 34.1. The molecule has 2 aromatic heterocycles. The van der Waals surface area contributed by atoms with E-state index in [1.807, 2.05) is 0 Å². The van der Waals surface area contributed by atoms with Crippen molar-refractivity contribution >= 4 is 53.7 Å². The van der Waals surface area contributed by atoms with Gasteiger partial charge in [-0.1, -0.05) is 27.7 Å². The first-order chi connectivity index (χ1) is 21.4. The number of aliphatic hydroxyl groups excluding tert-OH is 2. The van der Waals surface area contributed by atoms with Gasteiger partial charge in [-0.15, -0.1) is 0 Å². The number of rotatable bonds is 16. The molecule has 0 aliphatic carbocycles. The maximum absolute atomic E-state index is 13.9. The highest BCUT2D eigenvalue weighted by atomic mass is 32.1. The fourth-order valence-corrected chi connectivity index (χ4v) is 6.80. The number of aromatic nitrogens is 3. The molecule has 17 heteroatoms. The number of hydrogen-bond acceptors (Lipinski definition) is 13. The summed E-state index contributed by atoms with van der Waals surface area (Å²) < 4.78 is 51.4. The minimum absolute atomic E-state index is 0.0147. The number of ether oxygens (including phenoxy) is 3. The lowest BCUT2D eigenvalue weighted by Crippen LogP contribution is -2.40. The Bertz CT molecular complexity index is 1510. The highest BCUT2D eigenvalue weighted by Gasteiger charge is 2.65. The molecule has 0 bridgehead atoms. The van der Waals surface area contributed by atoms with Crippen LogP contribution in [0.5, 0.6) is 0 Å². The third-order valence-electron chi connectivity index (χ3n) is 8.21. The summed E-state index contributed by atoms with van der Waals surface area (Å²) in [5.41, 5.74) is 3.88. The Kier molecular flexibility index (Phi) is 10.8. The maximum atomic E-state index is 13.9. The predicted molar refractivity (Wildman–Crippen MR) is 175 cm³/mol. The molecule has 2 fully saturated rings. The van der Waals surface area contributed by atoms with Gasteiger partial charge in [0.1, 0.15) is 36.2 Å². The molecule has 2 aromatic rings. The molecule has 0 aromatic carbocycles. The standard InChI is InChI=1S/C29H42N5O9PS2/c1-26(2,24(35)45)11-7-13-38-44(37,39-14-8-12-27(3,4)25(36)46)40-15-19-21-22(43-28(5,6)42-21)29(16-30,41-19)20-10-9-18-23(31)32-17-33-34(18)20/h9-10,17,19,21-22H,7-8,11-15H2,1-6H3,(H,35,45)(H,36,46)(H2,31,32,33)/t19-,21?,22?,29?/m1/s1. The van der Waals surface area contributed by atoms with Crippen molar-refractivity contribution < 1.29 is 42.6 Å². The van der Waals surface area contributed by atoms with Crippen LogP contribution in [0.2, 0.25) is 0 Å². The summed E-state index contributed by atoms with van der Waals surface area (Å²) in [6.45, 7) is 10.3. The Morgan fingerprint density at radius 3 is 2.20 bits per heavy atom. The van der Waals surface area contributed by atoms with E-state index in [-0.39, 0.29) is 35.7 Å². The van der Waals surface area contributed by atoms with Crippen LogP contribution >= 0.6 is 32.3 Å². The molecule has 3 unspecified atom stereocenters. The number of nitrogens with two attached hydrogens (primary N) is 1. The number of thiocarbonyl (C=S) groups is 2. The largest absolute Gasteiger partial charge is 0.502 e. The summed E-state index contributed by atoms with van der Waals surface area (Å²) in [4.78, 5) is 4.01. The molecule has 14 nitrogen and oxygen atoms in total. The minimum atomic E-state index is -4.20. The van der Waals surface area contributed by atoms with Gasteiger partial charge in [-0.3, -0.25) is 13.6 Å². The molecule has 0 radical (unpaired) electrons. The highest BCUT2D eigenvalue weighted by Crippen LogP contribution is 2.53. The third kappa shape index (κ3) is 7.69. The molecule has 0 saturated carbocycles. The van der Waals surface area contributed by atoms with Gasteiger partial charge in [-0.05, 0) is 76.1 Å². The normalized spacial score (nSPS) is 24.6. The van der Waals surface area contributed by atoms with Crippen molar-refractivity contribution in [2.45, 2.75) is 96.9 Å². The zero-order valence-corrected chi connectivity index (χ0v) is 29.3. The molecule has 254 valence electrons. The van der Waals surface area contributed by atoms with E-state index in [2.05, 4.69) is 16.2 Å². The van der Waals surface area contributed by atoms with Crippen LogP contribution in [-0.4, -0.2) is 78.8 Å². The monoisotopic (exact) mass is 699 g/mol. The average molecular weight is 700 g/mol. The molecular weight excluding hydrogens is 657 g/mol. The van der Waals surface area contributed by atoms with E-state index in [9.17, 15) is 20.0 Å². The number of fused-ring (bicyclic) bond motifs is 2. The van der Waals surface area contributed by atoms with E-state index in [0.29, 0.717) is 36.9 Å². The number of phosphoric acid groups is 1. The second-order valence-corrected chi connectivity index (χ2v) is 15.6. The molecule has 4 heterocycles. The molecule has 2 aliphatic rings. The SMILES string of the molecule is CC1(C)OC2C(O1)C(C#N)(c1ccc3c(N)ncnn13)O[C@@H]2COP(=O)(OCCCC(C)(C)C(O)=S)OCCCC(C)(C)C(O)=S. The Balaban J connectivity index is 1.54. The van der Waals surface area contributed by atoms with Crippen LogP contribution < -0.4 is 5.73 Å². The van der Waals surface area contributed by atoms with Crippen LogP contribution in [0.1, 0.15) is 72.9 Å². The van der Waals surface area contributed by atoms with Crippen LogP contribution in [0.3, 0.4) is 0 Å². The van der Waals surface area contributed by atoms with E-state index in [4.69, 9.17) is 58.0 Å². The van der Waals surface area contributed by atoms with Crippen LogP contribution in [-0.2, 0) is 37.9 Å². The van der Waals surface area contributed by atoms with Gasteiger partial charge in [0.25, 0.3) is 0 Å². The van der Waals surface area contributed by atoms with E-state index < -0.39 is 48.4 Å². The van der Waals surface area contributed by atoms with Crippen LogP contribution in [0.15, 0.2) is 18.5 Å². The van der Waals surface area contributed by atoms with Crippen LogP contribution in [0.25, 0.3) is 5.52 Å². The number of aliphatic hydroxyl groups is 2. The lowest BCUT2D eigenvalue weighted by atomic mass is 9.89.